The summed E-state index contributed by atoms with van der Waals surface area (Å²) in [6, 6.07) is 6.41. The summed E-state index contributed by atoms with van der Waals surface area (Å²) in [5, 5.41) is 2.24. The second kappa shape index (κ2) is 7.25. The normalized spacial score (nSPS) is 11.0. The number of carbonyl (C=O) groups is 2. The van der Waals surface area contributed by atoms with E-state index in [1.54, 1.807) is 17.6 Å². The molecule has 0 heterocycles. The lowest BCUT2D eigenvalue weighted by Gasteiger charge is -2.09. The summed E-state index contributed by atoms with van der Waals surface area (Å²) in [5.74, 6) is -1.42. The van der Waals surface area contributed by atoms with Crippen LogP contribution in [-0.4, -0.2) is 31.1 Å². The molecule has 1 aromatic carbocycles. The van der Waals surface area contributed by atoms with E-state index in [1.807, 2.05) is 0 Å². The van der Waals surface area contributed by atoms with Gasteiger partial charge in [-0.15, -0.1) is 0 Å². The number of amides is 2. The second-order valence-electron chi connectivity index (χ2n) is 3.62. The Hall–Kier alpha value is -1.61. The van der Waals surface area contributed by atoms with E-state index in [9.17, 15) is 22.8 Å². The third kappa shape index (κ3) is 6.53. The van der Waals surface area contributed by atoms with Crippen molar-refractivity contribution in [2.45, 2.75) is 6.18 Å². The van der Waals surface area contributed by atoms with Crippen molar-refractivity contribution in [1.82, 2.24) is 10.8 Å². The van der Waals surface area contributed by atoms with Gasteiger partial charge in [-0.05, 0) is 18.2 Å². The van der Waals surface area contributed by atoms with Crippen LogP contribution in [-0.2, 0) is 9.63 Å². The van der Waals surface area contributed by atoms with Crippen LogP contribution < -0.4 is 10.8 Å². The standard InChI is InChI=1S/C11H10BrF3N2O3/c12-8-3-1-2-7(4-8)10(19)16-5-9(18)17-20-6-11(13,14)15/h1-4H,5-6H2,(H,16,19)(H,17,18). The van der Waals surface area contributed by atoms with E-state index in [-0.39, 0.29) is 0 Å². The van der Waals surface area contributed by atoms with Gasteiger partial charge in [0.1, 0.15) is 0 Å². The Morgan fingerprint density at radius 1 is 1.30 bits per heavy atom. The van der Waals surface area contributed by atoms with Gasteiger partial charge in [-0.25, -0.2) is 5.48 Å². The Bertz CT molecular complexity index is 494. The largest absolute Gasteiger partial charge is 0.414 e. The van der Waals surface area contributed by atoms with Gasteiger partial charge < -0.3 is 5.32 Å². The van der Waals surface area contributed by atoms with E-state index in [0.717, 1.165) is 0 Å². The average Bonchev–Trinajstić information content (AvgIpc) is 2.34. The number of carbonyl (C=O) groups excluding carboxylic acids is 2. The summed E-state index contributed by atoms with van der Waals surface area (Å²) in [4.78, 5) is 26.6. The fraction of sp³-hybridized carbons (Fsp3) is 0.273. The van der Waals surface area contributed by atoms with E-state index >= 15 is 0 Å². The summed E-state index contributed by atoms with van der Waals surface area (Å²) < 4.78 is 35.9. The molecule has 1 rings (SSSR count). The molecular formula is C11H10BrF3N2O3. The number of hydrogen-bond donors (Lipinski definition) is 2. The van der Waals surface area contributed by atoms with Crippen LogP contribution in [0, 0.1) is 0 Å². The van der Waals surface area contributed by atoms with Gasteiger partial charge >= 0.3 is 6.18 Å². The molecule has 0 radical (unpaired) electrons. The van der Waals surface area contributed by atoms with Crippen LogP contribution in [0.4, 0.5) is 13.2 Å². The lowest BCUT2D eigenvalue weighted by atomic mass is 10.2. The zero-order valence-corrected chi connectivity index (χ0v) is 11.5. The van der Waals surface area contributed by atoms with Gasteiger partial charge in [0.25, 0.3) is 11.8 Å². The Kier molecular flexibility index (Phi) is 5.96. The van der Waals surface area contributed by atoms with Crippen LogP contribution in [0.3, 0.4) is 0 Å². The highest BCUT2D eigenvalue weighted by Crippen LogP contribution is 2.13. The third-order valence-corrected chi connectivity index (χ3v) is 2.41. The lowest BCUT2D eigenvalue weighted by molar-refractivity contribution is -0.191. The fourth-order valence-corrected chi connectivity index (χ4v) is 1.53. The molecule has 0 unspecified atom stereocenters. The molecule has 0 aromatic heterocycles. The Morgan fingerprint density at radius 2 is 2.00 bits per heavy atom. The van der Waals surface area contributed by atoms with Crippen LogP contribution in [0.15, 0.2) is 28.7 Å². The number of nitrogens with one attached hydrogen (secondary N) is 2. The van der Waals surface area contributed by atoms with Crippen LogP contribution in [0.25, 0.3) is 0 Å². The molecule has 110 valence electrons. The first-order chi connectivity index (χ1) is 9.28. The summed E-state index contributed by atoms with van der Waals surface area (Å²) in [6.07, 6.45) is -4.53. The molecule has 9 heteroatoms. The zero-order valence-electron chi connectivity index (χ0n) is 9.96. The van der Waals surface area contributed by atoms with Gasteiger partial charge in [-0.3, -0.25) is 14.4 Å². The van der Waals surface area contributed by atoms with E-state index in [4.69, 9.17) is 0 Å². The topological polar surface area (TPSA) is 67.4 Å². The molecule has 2 amide bonds. The van der Waals surface area contributed by atoms with Crippen molar-refractivity contribution in [1.29, 1.82) is 0 Å². The number of rotatable bonds is 5. The number of hydrogen-bond acceptors (Lipinski definition) is 3. The molecule has 0 saturated carbocycles. The molecular weight excluding hydrogens is 345 g/mol. The highest BCUT2D eigenvalue weighted by Gasteiger charge is 2.28. The first-order valence-corrected chi connectivity index (χ1v) is 6.08. The minimum Gasteiger partial charge on any atom is -0.343 e. The zero-order chi connectivity index (χ0) is 15.2. The van der Waals surface area contributed by atoms with Gasteiger partial charge in [0.15, 0.2) is 6.61 Å². The molecule has 0 aliphatic heterocycles. The van der Waals surface area contributed by atoms with Gasteiger partial charge in [-0.2, -0.15) is 13.2 Å². The smallest absolute Gasteiger partial charge is 0.343 e. The average molecular weight is 355 g/mol. The minimum atomic E-state index is -4.53. The van der Waals surface area contributed by atoms with Gasteiger partial charge in [0.05, 0.1) is 6.54 Å². The maximum Gasteiger partial charge on any atom is 0.414 e. The number of benzene rings is 1. The van der Waals surface area contributed by atoms with Crippen LogP contribution in [0.1, 0.15) is 10.4 Å². The second-order valence-corrected chi connectivity index (χ2v) is 4.54. The van der Waals surface area contributed by atoms with Crippen molar-refractivity contribution < 1.29 is 27.6 Å². The molecule has 0 aliphatic rings. The van der Waals surface area contributed by atoms with Crippen molar-refractivity contribution in [3.63, 3.8) is 0 Å². The molecule has 0 spiro atoms. The summed E-state index contributed by atoms with van der Waals surface area (Å²) in [5.41, 5.74) is 1.88. The molecule has 20 heavy (non-hydrogen) atoms. The Labute approximate surface area is 120 Å². The highest BCUT2D eigenvalue weighted by atomic mass is 79.9. The van der Waals surface area contributed by atoms with Gasteiger partial charge in [0, 0.05) is 10.0 Å². The molecule has 0 saturated heterocycles. The first-order valence-electron chi connectivity index (χ1n) is 5.29. The molecule has 1 aromatic rings. The molecule has 5 nitrogen and oxygen atoms in total. The highest BCUT2D eigenvalue weighted by molar-refractivity contribution is 9.10. The van der Waals surface area contributed by atoms with Gasteiger partial charge in [0.2, 0.25) is 0 Å². The first kappa shape index (κ1) is 16.4. The summed E-state index contributed by atoms with van der Waals surface area (Å²) in [7, 11) is 0. The predicted octanol–water partition coefficient (Wildman–Crippen LogP) is 1.79. The van der Waals surface area contributed by atoms with E-state index in [2.05, 4.69) is 26.1 Å². The SMILES string of the molecule is O=C(CNC(=O)c1cccc(Br)c1)NOCC(F)(F)F. The van der Waals surface area contributed by atoms with Crippen molar-refractivity contribution >= 4 is 27.7 Å². The third-order valence-electron chi connectivity index (χ3n) is 1.92. The van der Waals surface area contributed by atoms with E-state index in [1.165, 1.54) is 12.1 Å². The van der Waals surface area contributed by atoms with Crippen molar-refractivity contribution in [3.05, 3.63) is 34.3 Å². The molecule has 0 aliphatic carbocycles. The minimum absolute atomic E-state index is 0.309. The Balaban J connectivity index is 2.32. The monoisotopic (exact) mass is 354 g/mol. The maximum absolute atomic E-state index is 11.7. The number of alkyl halides is 3. The van der Waals surface area contributed by atoms with Crippen molar-refractivity contribution in [3.8, 4) is 0 Å². The van der Waals surface area contributed by atoms with Crippen LogP contribution in [0.5, 0.6) is 0 Å². The van der Waals surface area contributed by atoms with Crippen molar-refractivity contribution in [2.75, 3.05) is 13.2 Å². The molecule has 0 fully saturated rings. The van der Waals surface area contributed by atoms with Crippen LogP contribution >= 0.6 is 15.9 Å². The molecule has 0 bridgehead atoms. The fourth-order valence-electron chi connectivity index (χ4n) is 1.13. The maximum atomic E-state index is 11.7. The molecule has 2 N–H and O–H groups in total. The molecule has 0 atom stereocenters. The van der Waals surface area contributed by atoms with E-state index < -0.39 is 31.1 Å². The van der Waals surface area contributed by atoms with Crippen LogP contribution in [0.2, 0.25) is 0 Å². The predicted molar refractivity (Wildman–Crippen MR) is 66.6 cm³/mol. The summed E-state index contributed by atoms with van der Waals surface area (Å²) in [6.45, 7) is -2.10. The lowest BCUT2D eigenvalue weighted by Crippen LogP contribution is -2.38. The number of halogens is 4. The number of hydroxylamine groups is 1. The summed E-state index contributed by atoms with van der Waals surface area (Å²) >= 11 is 3.18. The quantitative estimate of drug-likeness (QED) is 0.792. The van der Waals surface area contributed by atoms with E-state index in [0.29, 0.717) is 10.0 Å². The Morgan fingerprint density at radius 3 is 2.60 bits per heavy atom. The van der Waals surface area contributed by atoms with Crippen molar-refractivity contribution in [2.24, 2.45) is 0 Å². The van der Waals surface area contributed by atoms with Gasteiger partial charge in [-0.1, -0.05) is 22.0 Å².